The minimum atomic E-state index is -4.51. The van der Waals surface area contributed by atoms with Gasteiger partial charge in [0.05, 0.1) is 12.1 Å². The summed E-state index contributed by atoms with van der Waals surface area (Å²) in [6.07, 6.45) is -2.58. The number of rotatable bonds is 11. The number of carbonyl (C=O) groups excluding carboxylic acids is 1. The van der Waals surface area contributed by atoms with E-state index >= 15 is 0 Å². The Morgan fingerprint density at radius 1 is 1.16 bits per heavy atom. The lowest BCUT2D eigenvalue weighted by atomic mass is 10.2. The second kappa shape index (κ2) is 11.5. The number of benzene rings is 2. The van der Waals surface area contributed by atoms with Gasteiger partial charge in [0, 0.05) is 0 Å². The zero-order valence-corrected chi connectivity index (χ0v) is 18.6. The lowest BCUT2D eigenvalue weighted by Gasteiger charge is -2.18. The van der Waals surface area contributed by atoms with Gasteiger partial charge in [-0.3, -0.25) is 4.79 Å². The molecule has 0 fully saturated rings. The van der Waals surface area contributed by atoms with E-state index in [9.17, 15) is 30.8 Å². The van der Waals surface area contributed by atoms with Crippen molar-refractivity contribution < 1.29 is 35.5 Å². The van der Waals surface area contributed by atoms with Crippen molar-refractivity contribution in [2.24, 2.45) is 0 Å². The van der Waals surface area contributed by atoms with E-state index in [1.54, 1.807) is 6.26 Å². The number of amides is 1. The van der Waals surface area contributed by atoms with Gasteiger partial charge in [-0.2, -0.15) is 29.7 Å². The number of halogens is 4. The molecule has 0 aromatic heterocycles. The van der Waals surface area contributed by atoms with E-state index in [2.05, 4.69) is 10.0 Å². The van der Waals surface area contributed by atoms with Gasteiger partial charge in [0.2, 0.25) is 15.9 Å². The molecule has 2 N–H and O–H groups in total. The standard InChI is InChI=1S/C20H22F4N2O4S2/c1-31-12-9-17(26-32(28,29)18-8-3-2-7-16(18)21)19(27)25-10-11-30-15-6-4-5-14(13-15)20(22,23)24/h2-8,13,17,26H,9-12H2,1H3,(H,25,27). The molecule has 0 saturated carbocycles. The van der Waals surface area contributed by atoms with Crippen LogP contribution in [0, 0.1) is 5.82 Å². The van der Waals surface area contributed by atoms with Gasteiger partial charge in [0.15, 0.2) is 0 Å². The lowest BCUT2D eigenvalue weighted by Crippen LogP contribution is -2.47. The molecule has 0 radical (unpaired) electrons. The topological polar surface area (TPSA) is 84.5 Å². The van der Waals surface area contributed by atoms with Crippen LogP contribution in [0.3, 0.4) is 0 Å². The van der Waals surface area contributed by atoms with Crippen LogP contribution in [0.2, 0.25) is 0 Å². The fourth-order valence-electron chi connectivity index (χ4n) is 2.62. The summed E-state index contributed by atoms with van der Waals surface area (Å²) >= 11 is 1.40. The van der Waals surface area contributed by atoms with E-state index < -0.39 is 44.4 Å². The predicted octanol–water partition coefficient (Wildman–Crippen LogP) is 3.44. The van der Waals surface area contributed by atoms with Crippen LogP contribution in [-0.4, -0.2) is 45.5 Å². The van der Waals surface area contributed by atoms with Crippen LogP contribution in [0.15, 0.2) is 53.4 Å². The maximum atomic E-state index is 13.9. The van der Waals surface area contributed by atoms with Gasteiger partial charge in [-0.05, 0) is 48.8 Å². The van der Waals surface area contributed by atoms with Gasteiger partial charge in [-0.1, -0.05) is 18.2 Å². The molecule has 1 amide bonds. The fourth-order valence-corrected chi connectivity index (χ4v) is 4.40. The molecule has 0 aliphatic rings. The number of hydrogen-bond donors (Lipinski definition) is 2. The molecule has 2 aromatic carbocycles. The van der Waals surface area contributed by atoms with Crippen molar-refractivity contribution >= 4 is 27.7 Å². The van der Waals surface area contributed by atoms with Crippen molar-refractivity contribution in [3.63, 3.8) is 0 Å². The second-order valence-electron chi connectivity index (χ2n) is 6.55. The summed E-state index contributed by atoms with van der Waals surface area (Å²) in [4.78, 5) is 11.9. The third-order valence-electron chi connectivity index (χ3n) is 4.18. The molecule has 12 heteroatoms. The Balaban J connectivity index is 1.96. The van der Waals surface area contributed by atoms with Crippen molar-refractivity contribution in [2.75, 3.05) is 25.2 Å². The van der Waals surface area contributed by atoms with Gasteiger partial charge in [0.25, 0.3) is 0 Å². The third kappa shape index (κ3) is 7.68. The summed E-state index contributed by atoms with van der Waals surface area (Å²) in [5, 5.41) is 2.48. The van der Waals surface area contributed by atoms with Crippen LogP contribution in [0.1, 0.15) is 12.0 Å². The zero-order chi connectivity index (χ0) is 23.8. The van der Waals surface area contributed by atoms with E-state index in [0.29, 0.717) is 5.75 Å². The molecule has 1 atom stereocenters. The minimum absolute atomic E-state index is 0.0201. The molecule has 176 valence electrons. The molecule has 1 unspecified atom stereocenters. The van der Waals surface area contributed by atoms with Crippen molar-refractivity contribution in [3.8, 4) is 5.75 Å². The molecular formula is C20H22F4N2O4S2. The maximum Gasteiger partial charge on any atom is 0.416 e. The quantitative estimate of drug-likeness (QED) is 0.369. The molecule has 0 bridgehead atoms. The summed E-state index contributed by atoms with van der Waals surface area (Å²) in [5.41, 5.74) is -0.862. The first-order valence-electron chi connectivity index (χ1n) is 9.38. The number of thioether (sulfide) groups is 1. The Morgan fingerprint density at radius 2 is 1.88 bits per heavy atom. The van der Waals surface area contributed by atoms with Crippen molar-refractivity contribution in [3.05, 3.63) is 59.9 Å². The first-order chi connectivity index (χ1) is 15.0. The number of hydrogen-bond acceptors (Lipinski definition) is 5. The highest BCUT2D eigenvalue weighted by Gasteiger charge is 2.30. The molecule has 6 nitrogen and oxygen atoms in total. The van der Waals surface area contributed by atoms with Crippen LogP contribution >= 0.6 is 11.8 Å². The zero-order valence-electron chi connectivity index (χ0n) is 17.0. The first-order valence-corrected chi connectivity index (χ1v) is 12.3. The Kier molecular flexibility index (Phi) is 9.34. The number of nitrogens with one attached hydrogen (secondary N) is 2. The highest BCUT2D eigenvalue weighted by atomic mass is 32.2. The van der Waals surface area contributed by atoms with Crippen molar-refractivity contribution in [1.29, 1.82) is 0 Å². The highest BCUT2D eigenvalue weighted by Crippen LogP contribution is 2.31. The summed E-state index contributed by atoms with van der Waals surface area (Å²) in [7, 11) is -4.29. The number of sulfonamides is 1. The molecule has 0 aliphatic heterocycles. The van der Waals surface area contributed by atoms with E-state index in [1.165, 1.54) is 36.0 Å². The van der Waals surface area contributed by atoms with Crippen LogP contribution in [0.5, 0.6) is 5.75 Å². The Morgan fingerprint density at radius 3 is 2.53 bits per heavy atom. The summed E-state index contributed by atoms with van der Waals surface area (Å²) in [5.74, 6) is -1.17. The van der Waals surface area contributed by atoms with E-state index in [-0.39, 0.29) is 25.3 Å². The van der Waals surface area contributed by atoms with Gasteiger partial charge in [-0.15, -0.1) is 0 Å². The first kappa shape index (κ1) is 25.9. The molecule has 0 saturated heterocycles. The average molecular weight is 495 g/mol. The molecule has 0 heterocycles. The predicted molar refractivity (Wildman–Crippen MR) is 113 cm³/mol. The Hall–Kier alpha value is -2.31. The van der Waals surface area contributed by atoms with Crippen molar-refractivity contribution in [2.45, 2.75) is 23.5 Å². The summed E-state index contributed by atoms with van der Waals surface area (Å²) in [6.45, 7) is -0.214. The van der Waals surface area contributed by atoms with Crippen LogP contribution < -0.4 is 14.8 Å². The lowest BCUT2D eigenvalue weighted by molar-refractivity contribution is -0.137. The third-order valence-corrected chi connectivity index (χ3v) is 6.33. The summed E-state index contributed by atoms with van der Waals surface area (Å²) < 4.78 is 84.6. The van der Waals surface area contributed by atoms with E-state index in [0.717, 1.165) is 24.3 Å². The Labute approximate surface area is 187 Å². The molecule has 0 aliphatic carbocycles. The maximum absolute atomic E-state index is 13.9. The molecule has 32 heavy (non-hydrogen) atoms. The molecule has 0 spiro atoms. The number of ether oxygens (including phenoxy) is 1. The average Bonchev–Trinajstić information content (AvgIpc) is 2.73. The molecular weight excluding hydrogens is 472 g/mol. The Bertz CT molecular complexity index is 1020. The fraction of sp³-hybridized carbons (Fsp3) is 0.350. The number of carbonyl (C=O) groups is 1. The minimum Gasteiger partial charge on any atom is -0.492 e. The highest BCUT2D eigenvalue weighted by molar-refractivity contribution is 7.98. The smallest absolute Gasteiger partial charge is 0.416 e. The number of alkyl halides is 3. The normalized spacial score (nSPS) is 12.9. The molecule has 2 aromatic rings. The van der Waals surface area contributed by atoms with Crippen molar-refractivity contribution in [1.82, 2.24) is 10.0 Å². The monoisotopic (exact) mass is 494 g/mol. The van der Waals surface area contributed by atoms with E-state index in [4.69, 9.17) is 4.74 Å². The van der Waals surface area contributed by atoms with Gasteiger partial charge < -0.3 is 10.1 Å². The van der Waals surface area contributed by atoms with Gasteiger partial charge in [-0.25, -0.2) is 12.8 Å². The SMILES string of the molecule is CSCCC(NS(=O)(=O)c1ccccc1F)C(=O)NCCOc1cccc(C(F)(F)F)c1. The van der Waals surface area contributed by atoms with Crippen LogP contribution in [-0.2, 0) is 21.0 Å². The van der Waals surface area contributed by atoms with Crippen LogP contribution in [0.25, 0.3) is 0 Å². The molecule has 2 rings (SSSR count). The summed E-state index contributed by atoms with van der Waals surface area (Å²) in [6, 6.07) is 7.92. The van der Waals surface area contributed by atoms with Crippen LogP contribution in [0.4, 0.5) is 17.6 Å². The van der Waals surface area contributed by atoms with Gasteiger partial charge >= 0.3 is 6.18 Å². The largest absolute Gasteiger partial charge is 0.492 e. The second-order valence-corrected chi connectivity index (χ2v) is 9.22. The van der Waals surface area contributed by atoms with E-state index in [1.807, 2.05) is 0 Å². The van der Waals surface area contributed by atoms with Gasteiger partial charge in [0.1, 0.15) is 29.1 Å².